The maximum absolute atomic E-state index is 12.9. The Morgan fingerprint density at radius 3 is 2.73 bits per heavy atom. The molecule has 2 aromatic rings. The number of aliphatic hydroxyl groups is 1. The van der Waals surface area contributed by atoms with Crippen LogP contribution in [0.15, 0.2) is 30.3 Å². The van der Waals surface area contributed by atoms with Crippen molar-refractivity contribution in [3.8, 4) is 11.5 Å². The fourth-order valence-electron chi connectivity index (χ4n) is 8.50. The molecule has 2 aliphatic heterocycles. The van der Waals surface area contributed by atoms with Crippen molar-refractivity contribution in [2.24, 2.45) is 5.92 Å². The van der Waals surface area contributed by atoms with Crippen LogP contribution in [0, 0.1) is 5.92 Å². The van der Waals surface area contributed by atoms with E-state index in [0.717, 1.165) is 68.7 Å². The molecule has 5 aliphatic rings. The lowest BCUT2D eigenvalue weighted by atomic mass is 9.44. The Balaban J connectivity index is 1.25. The SMILES string of the molecule is CN(CCc1ccc(Cl)c(Cl)c1)[C@H]1CC[C@@]2(O)[C@@]3(CCC4CC4)Cc4ccc(O)c5c4[C@@]2(CCN3)[C@H]1O5. The van der Waals surface area contributed by atoms with Crippen LogP contribution in [0.2, 0.25) is 10.0 Å². The number of phenols is 1. The van der Waals surface area contributed by atoms with E-state index in [1.807, 2.05) is 18.2 Å². The largest absolute Gasteiger partial charge is 0.504 e. The fraction of sp³-hybridized carbons (Fsp3) is 0.600. The smallest absolute Gasteiger partial charge is 0.165 e. The van der Waals surface area contributed by atoms with Crippen molar-refractivity contribution in [3.63, 3.8) is 0 Å². The van der Waals surface area contributed by atoms with Crippen molar-refractivity contribution < 1.29 is 14.9 Å². The van der Waals surface area contributed by atoms with Crippen molar-refractivity contribution in [1.29, 1.82) is 0 Å². The molecule has 5 nitrogen and oxygen atoms in total. The molecule has 3 fully saturated rings. The molecule has 2 bridgehead atoms. The molecule has 0 unspecified atom stereocenters. The first-order valence-electron chi connectivity index (χ1n) is 13.9. The van der Waals surface area contributed by atoms with Gasteiger partial charge in [0, 0.05) is 18.2 Å². The molecule has 2 heterocycles. The number of piperidine rings is 1. The molecule has 1 saturated heterocycles. The van der Waals surface area contributed by atoms with Gasteiger partial charge < -0.3 is 20.3 Å². The second-order valence-corrected chi connectivity index (χ2v) is 13.1. The van der Waals surface area contributed by atoms with Gasteiger partial charge in [-0.2, -0.15) is 0 Å². The summed E-state index contributed by atoms with van der Waals surface area (Å²) in [5, 5.41) is 28.8. The lowest BCUT2D eigenvalue weighted by Gasteiger charge is -2.67. The number of phenolic OH excluding ortho intramolecular Hbond substituents is 1. The van der Waals surface area contributed by atoms with Gasteiger partial charge in [0.1, 0.15) is 6.10 Å². The summed E-state index contributed by atoms with van der Waals surface area (Å²) >= 11 is 12.4. The molecule has 7 rings (SSSR count). The number of rotatable bonds is 7. The van der Waals surface area contributed by atoms with E-state index < -0.39 is 11.0 Å². The molecule has 0 radical (unpaired) electrons. The van der Waals surface area contributed by atoms with E-state index in [1.54, 1.807) is 6.07 Å². The van der Waals surface area contributed by atoms with Crippen LogP contribution in [0.1, 0.15) is 61.6 Å². The van der Waals surface area contributed by atoms with Crippen molar-refractivity contribution >= 4 is 23.2 Å². The average Bonchev–Trinajstić information content (AvgIpc) is 3.63. The Hall–Kier alpha value is -1.50. The number of nitrogens with one attached hydrogen (secondary N) is 1. The standard InChI is InChI=1S/C30H36Cl2N2O3/c1-34(15-10-19-4-6-21(31)22(32)16-19)23-9-12-30(36)28(11-8-18-2-3-18)17-20-5-7-24(35)26-25(20)29(30,13-14-33-28)27(23)37-26/h4-7,16,18,23,27,33,35-36H,2-3,8-15,17H2,1H3/t23-,27-,28+,29-,30+/m0/s1. The molecule has 37 heavy (non-hydrogen) atoms. The van der Waals surface area contributed by atoms with Gasteiger partial charge in [0.25, 0.3) is 0 Å². The first-order valence-corrected chi connectivity index (χ1v) is 14.7. The molecular weight excluding hydrogens is 507 g/mol. The number of benzene rings is 2. The topological polar surface area (TPSA) is 65.0 Å². The highest BCUT2D eigenvalue weighted by Gasteiger charge is 2.76. The van der Waals surface area contributed by atoms with Crippen LogP contribution in [0.25, 0.3) is 0 Å². The first kappa shape index (κ1) is 24.5. The van der Waals surface area contributed by atoms with Gasteiger partial charge in [0.15, 0.2) is 11.5 Å². The predicted molar refractivity (Wildman–Crippen MR) is 146 cm³/mol. The molecule has 3 aliphatic carbocycles. The summed E-state index contributed by atoms with van der Waals surface area (Å²) in [4.78, 5) is 2.40. The van der Waals surface area contributed by atoms with Gasteiger partial charge in [-0.05, 0) is 93.8 Å². The van der Waals surface area contributed by atoms with Gasteiger partial charge in [-0.15, -0.1) is 0 Å². The third-order valence-electron chi connectivity index (χ3n) is 10.5. The maximum atomic E-state index is 12.9. The summed E-state index contributed by atoms with van der Waals surface area (Å²) in [6, 6.07) is 9.86. The summed E-state index contributed by atoms with van der Waals surface area (Å²) in [6.45, 7) is 1.71. The summed E-state index contributed by atoms with van der Waals surface area (Å²) in [5.74, 6) is 1.63. The van der Waals surface area contributed by atoms with Crippen LogP contribution in [0.4, 0.5) is 0 Å². The number of nitrogens with zero attached hydrogens (tertiary/aromatic N) is 1. The van der Waals surface area contributed by atoms with Gasteiger partial charge in [-0.1, -0.05) is 48.2 Å². The van der Waals surface area contributed by atoms with Crippen molar-refractivity contribution in [2.45, 2.75) is 86.5 Å². The van der Waals surface area contributed by atoms with Gasteiger partial charge in [-0.25, -0.2) is 0 Å². The Morgan fingerprint density at radius 2 is 1.95 bits per heavy atom. The average molecular weight is 544 g/mol. The zero-order valence-electron chi connectivity index (χ0n) is 21.4. The molecule has 0 aromatic heterocycles. The maximum Gasteiger partial charge on any atom is 0.165 e. The summed E-state index contributed by atoms with van der Waals surface area (Å²) in [5.41, 5.74) is 1.73. The minimum absolute atomic E-state index is 0.139. The summed E-state index contributed by atoms with van der Waals surface area (Å²) < 4.78 is 6.76. The molecule has 0 amide bonds. The lowest BCUT2D eigenvalue weighted by Crippen LogP contribution is -2.83. The molecule has 2 aromatic carbocycles. The number of likely N-dealkylation sites (N-methyl/N-ethyl adjacent to an activating group) is 1. The monoisotopic (exact) mass is 542 g/mol. The van der Waals surface area contributed by atoms with Crippen molar-refractivity contribution in [2.75, 3.05) is 20.1 Å². The van der Waals surface area contributed by atoms with Gasteiger partial charge >= 0.3 is 0 Å². The minimum atomic E-state index is -0.898. The highest BCUT2D eigenvalue weighted by atomic mass is 35.5. The van der Waals surface area contributed by atoms with Crippen molar-refractivity contribution in [3.05, 3.63) is 57.1 Å². The number of hydrogen-bond donors (Lipinski definition) is 3. The zero-order valence-corrected chi connectivity index (χ0v) is 22.9. The van der Waals surface area contributed by atoms with Gasteiger partial charge in [0.2, 0.25) is 0 Å². The van der Waals surface area contributed by atoms with Crippen LogP contribution in [0.5, 0.6) is 11.5 Å². The van der Waals surface area contributed by atoms with E-state index in [9.17, 15) is 10.2 Å². The predicted octanol–water partition coefficient (Wildman–Crippen LogP) is 5.24. The quantitative estimate of drug-likeness (QED) is 0.446. The molecule has 198 valence electrons. The van der Waals surface area contributed by atoms with Crippen LogP contribution < -0.4 is 10.1 Å². The van der Waals surface area contributed by atoms with E-state index in [0.29, 0.717) is 15.8 Å². The molecular formula is C30H36Cl2N2O3. The van der Waals surface area contributed by atoms with Gasteiger partial charge in [0.05, 0.1) is 26.6 Å². The van der Waals surface area contributed by atoms with E-state index >= 15 is 0 Å². The molecule has 1 spiro atoms. The number of ether oxygens (including phenoxy) is 1. The first-order chi connectivity index (χ1) is 17.8. The number of halogens is 2. The Labute approximate surface area is 229 Å². The number of hydrogen-bond acceptors (Lipinski definition) is 5. The number of aromatic hydroxyl groups is 1. The highest BCUT2D eigenvalue weighted by Crippen LogP contribution is 2.67. The van der Waals surface area contributed by atoms with Crippen LogP contribution in [0.3, 0.4) is 0 Å². The van der Waals surface area contributed by atoms with E-state index in [1.165, 1.54) is 24.8 Å². The van der Waals surface area contributed by atoms with Crippen LogP contribution in [-0.4, -0.2) is 58.5 Å². The lowest BCUT2D eigenvalue weighted by molar-refractivity contribution is -0.202. The second kappa shape index (κ2) is 8.50. The van der Waals surface area contributed by atoms with Crippen LogP contribution in [-0.2, 0) is 18.3 Å². The zero-order chi connectivity index (χ0) is 25.6. The summed E-state index contributed by atoms with van der Waals surface area (Å²) in [7, 11) is 2.17. The van der Waals surface area contributed by atoms with Gasteiger partial charge in [-0.3, -0.25) is 4.90 Å². The molecule has 3 N–H and O–H groups in total. The van der Waals surface area contributed by atoms with Crippen molar-refractivity contribution in [1.82, 2.24) is 10.2 Å². The van der Waals surface area contributed by atoms with E-state index in [2.05, 4.69) is 23.3 Å². The Bertz CT molecular complexity index is 1250. The second-order valence-electron chi connectivity index (χ2n) is 12.3. The van der Waals surface area contributed by atoms with E-state index in [4.69, 9.17) is 27.9 Å². The molecule has 5 atom stereocenters. The summed E-state index contributed by atoms with van der Waals surface area (Å²) in [6.07, 6.45) is 8.68. The Morgan fingerprint density at radius 1 is 1.11 bits per heavy atom. The third-order valence-corrected chi connectivity index (χ3v) is 11.3. The van der Waals surface area contributed by atoms with E-state index in [-0.39, 0.29) is 23.4 Å². The minimum Gasteiger partial charge on any atom is -0.504 e. The molecule has 7 heteroatoms. The molecule has 2 saturated carbocycles. The Kier molecular flexibility index (Phi) is 5.63. The normalized spacial score (nSPS) is 35.4. The van der Waals surface area contributed by atoms with Crippen LogP contribution >= 0.6 is 23.2 Å². The fourth-order valence-corrected chi connectivity index (χ4v) is 8.82. The third kappa shape index (κ3) is 3.40. The highest BCUT2D eigenvalue weighted by molar-refractivity contribution is 6.42.